The molecule has 2 N–H and O–H groups in total. The maximum atomic E-state index is 5.89. The number of hydrogen-bond donors (Lipinski definition) is 1. The van der Waals surface area contributed by atoms with Gasteiger partial charge in [0.25, 0.3) is 0 Å². The van der Waals surface area contributed by atoms with E-state index in [1.54, 1.807) is 0 Å². The molecule has 0 radical (unpaired) electrons. The lowest BCUT2D eigenvalue weighted by atomic mass is 10.1. The van der Waals surface area contributed by atoms with E-state index in [4.69, 9.17) is 5.73 Å². The monoisotopic (exact) mass is 251 g/mol. The van der Waals surface area contributed by atoms with Crippen LogP contribution in [0.3, 0.4) is 0 Å². The van der Waals surface area contributed by atoms with Crippen molar-refractivity contribution in [1.29, 1.82) is 0 Å². The number of hydrogen-bond acceptors (Lipinski definition) is 4. The molecule has 1 aliphatic heterocycles. The number of aryl methyl sites for hydroxylation is 2. The van der Waals surface area contributed by atoms with Crippen LogP contribution in [0.25, 0.3) is 0 Å². The van der Waals surface area contributed by atoms with Crippen LogP contribution in [0.1, 0.15) is 18.3 Å². The van der Waals surface area contributed by atoms with Crippen LogP contribution in [0.15, 0.2) is 6.07 Å². The number of nitrogens with two attached hydrogens (primary N) is 1. The van der Waals surface area contributed by atoms with Crippen LogP contribution in [0.4, 0.5) is 0 Å². The summed E-state index contributed by atoms with van der Waals surface area (Å²) in [6, 6.07) is 2.68. The van der Waals surface area contributed by atoms with Crippen molar-refractivity contribution < 1.29 is 0 Å². The lowest BCUT2D eigenvalue weighted by Gasteiger charge is -2.39. The Hall–Kier alpha value is -0.910. The second kappa shape index (κ2) is 5.82. The van der Waals surface area contributed by atoms with Crippen molar-refractivity contribution in [3.8, 4) is 0 Å². The Balaban J connectivity index is 2.05. The predicted octanol–water partition coefficient (Wildman–Crippen LogP) is 0.0572. The fourth-order valence-electron chi connectivity index (χ4n) is 2.58. The summed E-state index contributed by atoms with van der Waals surface area (Å²) in [6.45, 7) is 7.10. The molecule has 0 aliphatic carbocycles. The lowest BCUT2D eigenvalue weighted by Crippen LogP contribution is -2.54. The third-order valence-electron chi connectivity index (χ3n) is 3.83. The van der Waals surface area contributed by atoms with Crippen LogP contribution < -0.4 is 5.73 Å². The molecule has 0 amide bonds. The highest BCUT2D eigenvalue weighted by Crippen LogP contribution is 2.13. The first-order valence-corrected chi connectivity index (χ1v) is 6.78. The summed E-state index contributed by atoms with van der Waals surface area (Å²) in [5.41, 5.74) is 8.35. The van der Waals surface area contributed by atoms with Gasteiger partial charge in [0.1, 0.15) is 0 Å². The van der Waals surface area contributed by atoms with Gasteiger partial charge in [0.05, 0.1) is 11.4 Å². The third kappa shape index (κ3) is 2.91. The van der Waals surface area contributed by atoms with Gasteiger partial charge in [0, 0.05) is 45.8 Å². The lowest BCUT2D eigenvalue weighted by molar-refractivity contribution is 0.0859. The predicted molar refractivity (Wildman–Crippen MR) is 73.3 cm³/mol. The molecule has 0 saturated carbocycles. The van der Waals surface area contributed by atoms with E-state index in [1.165, 1.54) is 11.4 Å². The maximum absolute atomic E-state index is 5.89. The highest BCUT2D eigenvalue weighted by atomic mass is 15.3. The summed E-state index contributed by atoms with van der Waals surface area (Å²) in [6.07, 6.45) is 0.997. The fraction of sp³-hybridized carbons (Fsp3) is 0.769. The van der Waals surface area contributed by atoms with Gasteiger partial charge in [0.15, 0.2) is 0 Å². The molecule has 5 heteroatoms. The summed E-state index contributed by atoms with van der Waals surface area (Å²) < 4.78 is 2.00. The molecule has 102 valence electrons. The van der Waals surface area contributed by atoms with E-state index in [0.29, 0.717) is 6.04 Å². The molecule has 1 atom stereocenters. The second-order valence-corrected chi connectivity index (χ2v) is 5.23. The van der Waals surface area contributed by atoms with E-state index in [9.17, 15) is 0 Å². The van der Waals surface area contributed by atoms with Crippen molar-refractivity contribution in [2.45, 2.75) is 25.9 Å². The minimum atomic E-state index is 0.462. The Kier molecular flexibility index (Phi) is 4.37. The SMILES string of the molecule is CCc1cc(CN2CCN(C)CC2CN)n(C)n1. The quantitative estimate of drug-likeness (QED) is 0.822. The van der Waals surface area contributed by atoms with Crippen molar-refractivity contribution in [2.24, 2.45) is 12.8 Å². The van der Waals surface area contributed by atoms with Crippen LogP contribution in [-0.4, -0.2) is 58.8 Å². The summed E-state index contributed by atoms with van der Waals surface area (Å²) in [5, 5.41) is 4.51. The molecular weight excluding hydrogens is 226 g/mol. The Morgan fingerprint density at radius 3 is 2.78 bits per heavy atom. The Labute approximate surface area is 110 Å². The van der Waals surface area contributed by atoms with Gasteiger partial charge in [-0.1, -0.05) is 6.92 Å². The largest absolute Gasteiger partial charge is 0.329 e. The van der Waals surface area contributed by atoms with E-state index >= 15 is 0 Å². The van der Waals surface area contributed by atoms with Crippen LogP contribution >= 0.6 is 0 Å². The van der Waals surface area contributed by atoms with Crippen molar-refractivity contribution >= 4 is 0 Å². The van der Waals surface area contributed by atoms with Crippen molar-refractivity contribution in [2.75, 3.05) is 33.2 Å². The Morgan fingerprint density at radius 1 is 1.39 bits per heavy atom. The standard InChI is InChI=1S/C13H25N5/c1-4-11-7-12(17(3)15-11)10-18-6-5-16(2)9-13(18)8-14/h7,13H,4-6,8-10,14H2,1-3H3. The average molecular weight is 251 g/mol. The summed E-state index contributed by atoms with van der Waals surface area (Å²) in [4.78, 5) is 4.84. The first kappa shape index (κ1) is 13.5. The molecule has 0 spiro atoms. The molecule has 18 heavy (non-hydrogen) atoms. The van der Waals surface area contributed by atoms with E-state index in [1.807, 2.05) is 11.7 Å². The van der Waals surface area contributed by atoms with Crippen molar-refractivity contribution in [3.63, 3.8) is 0 Å². The van der Waals surface area contributed by atoms with Gasteiger partial charge in [0.2, 0.25) is 0 Å². The molecule has 2 heterocycles. The van der Waals surface area contributed by atoms with E-state index in [0.717, 1.165) is 39.1 Å². The zero-order valence-corrected chi connectivity index (χ0v) is 11.8. The normalized spacial score (nSPS) is 22.6. The van der Waals surface area contributed by atoms with Crippen LogP contribution in [-0.2, 0) is 20.0 Å². The van der Waals surface area contributed by atoms with Gasteiger partial charge in [-0.05, 0) is 19.5 Å². The number of piperazine rings is 1. The molecule has 0 bridgehead atoms. The molecule has 1 saturated heterocycles. The maximum Gasteiger partial charge on any atom is 0.0625 e. The molecule has 1 unspecified atom stereocenters. The fourth-order valence-corrected chi connectivity index (χ4v) is 2.58. The summed E-state index contributed by atoms with van der Waals surface area (Å²) >= 11 is 0. The molecule has 1 aromatic rings. The number of likely N-dealkylation sites (N-methyl/N-ethyl adjacent to an activating group) is 1. The highest BCUT2D eigenvalue weighted by Gasteiger charge is 2.24. The summed E-state index contributed by atoms with van der Waals surface area (Å²) in [5.74, 6) is 0. The minimum Gasteiger partial charge on any atom is -0.329 e. The first-order valence-electron chi connectivity index (χ1n) is 6.78. The number of rotatable bonds is 4. The van der Waals surface area contributed by atoms with Crippen LogP contribution in [0.2, 0.25) is 0 Å². The summed E-state index contributed by atoms with van der Waals surface area (Å²) in [7, 11) is 4.20. The van der Waals surface area contributed by atoms with Gasteiger partial charge in [-0.2, -0.15) is 5.10 Å². The van der Waals surface area contributed by atoms with Crippen LogP contribution in [0, 0.1) is 0 Å². The molecule has 0 aromatic carbocycles. The molecule has 1 fully saturated rings. The molecule has 5 nitrogen and oxygen atoms in total. The highest BCUT2D eigenvalue weighted by molar-refractivity contribution is 5.10. The minimum absolute atomic E-state index is 0.462. The molecule has 1 aromatic heterocycles. The first-order chi connectivity index (χ1) is 8.63. The van der Waals surface area contributed by atoms with Crippen LogP contribution in [0.5, 0.6) is 0 Å². The molecular formula is C13H25N5. The van der Waals surface area contributed by atoms with Gasteiger partial charge in [-0.3, -0.25) is 9.58 Å². The zero-order chi connectivity index (χ0) is 13.1. The second-order valence-electron chi connectivity index (χ2n) is 5.23. The zero-order valence-electron chi connectivity index (χ0n) is 11.8. The molecule has 1 aliphatic rings. The number of nitrogens with zero attached hydrogens (tertiary/aromatic N) is 4. The Bertz CT molecular complexity index is 387. The smallest absolute Gasteiger partial charge is 0.0625 e. The van der Waals surface area contributed by atoms with E-state index in [2.05, 4.69) is 34.9 Å². The Morgan fingerprint density at radius 2 is 2.17 bits per heavy atom. The number of aromatic nitrogens is 2. The van der Waals surface area contributed by atoms with Crippen molar-refractivity contribution in [3.05, 3.63) is 17.5 Å². The van der Waals surface area contributed by atoms with E-state index in [-0.39, 0.29) is 0 Å². The molecule has 2 rings (SSSR count). The third-order valence-corrected chi connectivity index (χ3v) is 3.83. The van der Waals surface area contributed by atoms with Gasteiger partial charge in [-0.15, -0.1) is 0 Å². The van der Waals surface area contributed by atoms with Gasteiger partial charge >= 0.3 is 0 Å². The van der Waals surface area contributed by atoms with E-state index < -0.39 is 0 Å². The van der Waals surface area contributed by atoms with Crippen molar-refractivity contribution in [1.82, 2.24) is 19.6 Å². The van der Waals surface area contributed by atoms with Gasteiger partial charge < -0.3 is 10.6 Å². The average Bonchev–Trinajstić information content (AvgIpc) is 2.72. The van der Waals surface area contributed by atoms with Gasteiger partial charge in [-0.25, -0.2) is 0 Å². The topological polar surface area (TPSA) is 50.3 Å².